The first kappa shape index (κ1) is 16.4. The van der Waals surface area contributed by atoms with Crippen molar-refractivity contribution >= 4 is 23.2 Å². The molecule has 2 amide bonds. The molecular formula is C12H16N4O5. The lowest BCUT2D eigenvalue weighted by atomic mass is 10.2. The number of rotatable bonds is 7. The number of ether oxygens (including phenoxy) is 1. The molecule has 0 aromatic heterocycles. The zero-order chi connectivity index (χ0) is 16.0. The minimum Gasteiger partial charge on any atom is -0.494 e. The van der Waals surface area contributed by atoms with Gasteiger partial charge in [0.05, 0.1) is 30.1 Å². The Morgan fingerprint density at radius 1 is 1.48 bits per heavy atom. The number of nitrogens with two attached hydrogens (primary N) is 2. The topological polar surface area (TPSA) is 151 Å². The van der Waals surface area contributed by atoms with Gasteiger partial charge in [0.25, 0.3) is 5.69 Å². The monoisotopic (exact) mass is 296 g/mol. The molecule has 1 atom stereocenters. The molecule has 0 bridgehead atoms. The molecule has 114 valence electrons. The summed E-state index contributed by atoms with van der Waals surface area (Å²) in [6.07, 6.45) is -0.351. The Kier molecular flexibility index (Phi) is 5.61. The highest BCUT2D eigenvalue weighted by molar-refractivity contribution is 5.98. The summed E-state index contributed by atoms with van der Waals surface area (Å²) in [5.41, 5.74) is 10.0. The summed E-state index contributed by atoms with van der Waals surface area (Å²) >= 11 is 0. The Morgan fingerprint density at radius 3 is 2.67 bits per heavy atom. The molecule has 0 fully saturated rings. The third-order valence-electron chi connectivity index (χ3n) is 2.49. The summed E-state index contributed by atoms with van der Waals surface area (Å²) in [6.45, 7) is 2.09. The van der Waals surface area contributed by atoms with Crippen LogP contribution in [-0.4, -0.2) is 29.4 Å². The van der Waals surface area contributed by atoms with E-state index in [0.29, 0.717) is 12.4 Å². The van der Waals surface area contributed by atoms with Crippen molar-refractivity contribution in [2.45, 2.75) is 19.4 Å². The Hall–Kier alpha value is -2.68. The van der Waals surface area contributed by atoms with Crippen LogP contribution in [0, 0.1) is 10.1 Å². The van der Waals surface area contributed by atoms with Crippen molar-refractivity contribution in [3.63, 3.8) is 0 Å². The van der Waals surface area contributed by atoms with Gasteiger partial charge in [-0.2, -0.15) is 0 Å². The second kappa shape index (κ2) is 7.20. The van der Waals surface area contributed by atoms with E-state index in [1.165, 1.54) is 18.2 Å². The Labute approximate surface area is 120 Å². The van der Waals surface area contributed by atoms with Crippen LogP contribution < -0.4 is 21.5 Å². The highest BCUT2D eigenvalue weighted by Crippen LogP contribution is 2.29. The molecule has 0 saturated heterocycles. The number of anilines is 1. The van der Waals surface area contributed by atoms with Crippen molar-refractivity contribution in [3.8, 4) is 5.75 Å². The second-order valence-electron chi connectivity index (χ2n) is 4.14. The van der Waals surface area contributed by atoms with Gasteiger partial charge in [0.15, 0.2) is 0 Å². The van der Waals surface area contributed by atoms with Crippen LogP contribution in [0.1, 0.15) is 13.3 Å². The SMILES string of the molecule is CCOc1ccc(NC(=O)C(N)CC(N)=O)c([N+](=O)[O-])c1. The van der Waals surface area contributed by atoms with Crippen LogP contribution in [0.4, 0.5) is 11.4 Å². The minimum absolute atomic E-state index is 0.0339. The largest absolute Gasteiger partial charge is 0.494 e. The Morgan fingerprint density at radius 2 is 2.14 bits per heavy atom. The summed E-state index contributed by atoms with van der Waals surface area (Å²) in [5, 5.41) is 13.3. The van der Waals surface area contributed by atoms with Crippen LogP contribution in [0.3, 0.4) is 0 Å². The number of nitrogens with zero attached hydrogens (tertiary/aromatic N) is 1. The average molecular weight is 296 g/mol. The summed E-state index contributed by atoms with van der Waals surface area (Å²) < 4.78 is 5.15. The standard InChI is InChI=1S/C12H16N4O5/c1-2-21-7-3-4-9(10(5-7)16(19)20)15-12(18)8(13)6-11(14)17/h3-5,8H,2,6,13H2,1H3,(H2,14,17)(H,15,18). The van der Waals surface area contributed by atoms with E-state index in [9.17, 15) is 19.7 Å². The van der Waals surface area contributed by atoms with Gasteiger partial charge < -0.3 is 21.5 Å². The highest BCUT2D eigenvalue weighted by atomic mass is 16.6. The van der Waals surface area contributed by atoms with Crippen LogP contribution in [0.25, 0.3) is 0 Å². The van der Waals surface area contributed by atoms with E-state index in [1.54, 1.807) is 6.92 Å². The highest BCUT2D eigenvalue weighted by Gasteiger charge is 2.21. The fourth-order valence-electron chi connectivity index (χ4n) is 1.56. The van der Waals surface area contributed by atoms with Gasteiger partial charge in [-0.1, -0.05) is 0 Å². The molecule has 1 aromatic carbocycles. The van der Waals surface area contributed by atoms with Gasteiger partial charge in [-0.05, 0) is 19.1 Å². The molecule has 0 heterocycles. The van der Waals surface area contributed by atoms with Gasteiger partial charge in [0.2, 0.25) is 11.8 Å². The molecule has 1 rings (SSSR count). The van der Waals surface area contributed by atoms with E-state index in [4.69, 9.17) is 16.2 Å². The molecular weight excluding hydrogens is 280 g/mol. The fraction of sp³-hybridized carbons (Fsp3) is 0.333. The van der Waals surface area contributed by atoms with E-state index >= 15 is 0 Å². The molecule has 0 aliphatic heterocycles. The first-order chi connectivity index (χ1) is 9.85. The van der Waals surface area contributed by atoms with E-state index in [-0.39, 0.29) is 17.8 Å². The Bertz CT molecular complexity index is 561. The second-order valence-corrected chi connectivity index (χ2v) is 4.14. The number of carbonyl (C=O) groups excluding carboxylic acids is 2. The van der Waals surface area contributed by atoms with Crippen LogP contribution in [0.2, 0.25) is 0 Å². The molecule has 9 heteroatoms. The summed E-state index contributed by atoms with van der Waals surface area (Å²) in [4.78, 5) is 32.8. The van der Waals surface area contributed by atoms with Crippen molar-refractivity contribution in [1.82, 2.24) is 0 Å². The quantitative estimate of drug-likeness (QED) is 0.480. The molecule has 0 radical (unpaired) electrons. The van der Waals surface area contributed by atoms with Crippen LogP contribution >= 0.6 is 0 Å². The number of nitrogens with one attached hydrogen (secondary N) is 1. The lowest BCUT2D eigenvalue weighted by Gasteiger charge is -2.11. The van der Waals surface area contributed by atoms with Crippen LogP contribution in [0.5, 0.6) is 5.75 Å². The minimum atomic E-state index is -1.17. The van der Waals surface area contributed by atoms with Crippen molar-refractivity contribution in [3.05, 3.63) is 28.3 Å². The van der Waals surface area contributed by atoms with Crippen molar-refractivity contribution in [2.75, 3.05) is 11.9 Å². The number of carbonyl (C=O) groups is 2. The van der Waals surface area contributed by atoms with E-state index in [0.717, 1.165) is 0 Å². The first-order valence-electron chi connectivity index (χ1n) is 6.11. The predicted molar refractivity (Wildman–Crippen MR) is 74.7 cm³/mol. The van der Waals surface area contributed by atoms with Gasteiger partial charge in [0.1, 0.15) is 11.4 Å². The molecule has 0 spiro atoms. The van der Waals surface area contributed by atoms with Crippen molar-refractivity contribution in [2.24, 2.45) is 11.5 Å². The van der Waals surface area contributed by atoms with Gasteiger partial charge >= 0.3 is 0 Å². The maximum Gasteiger partial charge on any atom is 0.296 e. The summed E-state index contributed by atoms with van der Waals surface area (Å²) in [6, 6.07) is 2.83. The van der Waals surface area contributed by atoms with E-state index in [1.807, 2.05) is 0 Å². The zero-order valence-corrected chi connectivity index (χ0v) is 11.4. The molecule has 5 N–H and O–H groups in total. The molecule has 21 heavy (non-hydrogen) atoms. The smallest absolute Gasteiger partial charge is 0.296 e. The normalized spacial score (nSPS) is 11.5. The number of primary amides is 1. The Balaban J connectivity index is 2.94. The predicted octanol–water partition coefficient (Wildman–Crippen LogP) is 0.135. The van der Waals surface area contributed by atoms with Gasteiger partial charge in [-0.15, -0.1) is 0 Å². The van der Waals surface area contributed by atoms with Gasteiger partial charge in [-0.25, -0.2) is 0 Å². The van der Waals surface area contributed by atoms with Crippen molar-refractivity contribution in [1.29, 1.82) is 0 Å². The van der Waals surface area contributed by atoms with Gasteiger partial charge in [-0.3, -0.25) is 19.7 Å². The molecule has 0 aliphatic rings. The molecule has 0 saturated carbocycles. The number of nitro groups is 1. The van der Waals surface area contributed by atoms with Crippen LogP contribution in [0.15, 0.2) is 18.2 Å². The third kappa shape index (κ3) is 4.73. The van der Waals surface area contributed by atoms with Crippen LogP contribution in [-0.2, 0) is 9.59 Å². The van der Waals surface area contributed by atoms with Gasteiger partial charge in [0, 0.05) is 0 Å². The van der Waals surface area contributed by atoms with E-state index < -0.39 is 22.8 Å². The van der Waals surface area contributed by atoms with E-state index in [2.05, 4.69) is 5.32 Å². The average Bonchev–Trinajstić information content (AvgIpc) is 2.39. The number of nitro benzene ring substituents is 1. The summed E-state index contributed by atoms with van der Waals surface area (Å²) in [5.74, 6) is -1.16. The molecule has 9 nitrogen and oxygen atoms in total. The summed E-state index contributed by atoms with van der Waals surface area (Å²) in [7, 11) is 0. The fourth-order valence-corrected chi connectivity index (χ4v) is 1.56. The number of hydrogen-bond donors (Lipinski definition) is 3. The number of benzene rings is 1. The molecule has 1 unspecified atom stereocenters. The zero-order valence-electron chi connectivity index (χ0n) is 11.4. The lowest BCUT2D eigenvalue weighted by molar-refractivity contribution is -0.384. The molecule has 0 aliphatic carbocycles. The first-order valence-corrected chi connectivity index (χ1v) is 6.11. The van der Waals surface area contributed by atoms with Crippen molar-refractivity contribution < 1.29 is 19.2 Å². The maximum atomic E-state index is 11.7. The molecule has 1 aromatic rings. The lowest BCUT2D eigenvalue weighted by Crippen LogP contribution is -2.39. The third-order valence-corrected chi connectivity index (χ3v) is 2.49. The number of amides is 2. The maximum absolute atomic E-state index is 11.7. The number of hydrogen-bond acceptors (Lipinski definition) is 6.